The maximum Gasteiger partial charge on any atom is 0.276 e. The van der Waals surface area contributed by atoms with E-state index in [0.29, 0.717) is 28.2 Å². The molecule has 3 rings (SSSR count). The number of hydrogen-bond donors (Lipinski definition) is 1. The smallest absolute Gasteiger partial charge is 0.276 e. The number of aryl methyl sites for hydroxylation is 2. The van der Waals surface area contributed by atoms with Crippen molar-refractivity contribution >= 4 is 17.5 Å². The highest BCUT2D eigenvalue weighted by molar-refractivity contribution is 7.99. The fourth-order valence-electron chi connectivity index (χ4n) is 2.55. The van der Waals surface area contributed by atoms with Crippen molar-refractivity contribution in [1.29, 1.82) is 0 Å². The molecule has 0 saturated heterocycles. The van der Waals surface area contributed by atoms with Crippen molar-refractivity contribution in [2.45, 2.75) is 38.7 Å². The second-order valence-electron chi connectivity index (χ2n) is 6.88. The topological polar surface area (TPSA) is 94.7 Å². The fraction of sp³-hybridized carbons (Fsp3) is 0.318. The fourth-order valence-corrected chi connectivity index (χ4v) is 3.24. The van der Waals surface area contributed by atoms with Crippen molar-refractivity contribution in [3.8, 4) is 11.5 Å². The predicted molar refractivity (Wildman–Crippen MR) is 113 cm³/mol. The number of thioether (sulfide) groups is 1. The zero-order chi connectivity index (χ0) is 21.5. The molecule has 0 aliphatic rings. The SMILES string of the molecule is CC(=O)c1ccc(OCC(O)CSc2nnc(COc3cc(C)ccc3C)o2)cc1. The Labute approximate surface area is 179 Å². The number of Topliss-reactive ketones (excluding diaryl/α,β-unsaturated/α-hetero) is 1. The highest BCUT2D eigenvalue weighted by atomic mass is 32.2. The lowest BCUT2D eigenvalue weighted by Gasteiger charge is -2.11. The number of benzene rings is 2. The predicted octanol–water partition coefficient (Wildman–Crippen LogP) is 4.00. The van der Waals surface area contributed by atoms with Crippen LogP contribution in [0.3, 0.4) is 0 Å². The Balaban J connectivity index is 1.42. The molecule has 2 aromatic carbocycles. The molecule has 0 saturated carbocycles. The van der Waals surface area contributed by atoms with Crippen molar-refractivity contribution in [2.75, 3.05) is 12.4 Å². The third-order valence-corrected chi connectivity index (χ3v) is 5.21. The summed E-state index contributed by atoms with van der Waals surface area (Å²) in [7, 11) is 0. The van der Waals surface area contributed by atoms with Crippen LogP contribution in [-0.2, 0) is 6.61 Å². The van der Waals surface area contributed by atoms with Gasteiger partial charge in [-0.05, 0) is 62.2 Å². The Hall–Kier alpha value is -2.84. The average molecular weight is 429 g/mol. The van der Waals surface area contributed by atoms with E-state index in [9.17, 15) is 9.90 Å². The maximum atomic E-state index is 11.3. The van der Waals surface area contributed by atoms with Crippen LogP contribution in [0.15, 0.2) is 52.1 Å². The van der Waals surface area contributed by atoms with E-state index in [1.54, 1.807) is 24.3 Å². The van der Waals surface area contributed by atoms with Gasteiger partial charge in [0.25, 0.3) is 11.1 Å². The number of aliphatic hydroxyl groups excluding tert-OH is 1. The summed E-state index contributed by atoms with van der Waals surface area (Å²) >= 11 is 1.25. The van der Waals surface area contributed by atoms with Gasteiger partial charge in [0.1, 0.15) is 18.1 Å². The van der Waals surface area contributed by atoms with Gasteiger partial charge in [-0.25, -0.2) is 0 Å². The largest absolute Gasteiger partial charge is 0.491 e. The van der Waals surface area contributed by atoms with Crippen molar-refractivity contribution in [3.05, 3.63) is 65.0 Å². The number of carbonyl (C=O) groups is 1. The third kappa shape index (κ3) is 6.33. The summed E-state index contributed by atoms with van der Waals surface area (Å²) in [5.74, 6) is 2.08. The Morgan fingerprint density at radius 2 is 1.90 bits per heavy atom. The molecule has 0 aliphatic heterocycles. The van der Waals surface area contributed by atoms with E-state index in [0.717, 1.165) is 16.9 Å². The number of aromatic nitrogens is 2. The second kappa shape index (κ2) is 10.3. The summed E-state index contributed by atoms with van der Waals surface area (Å²) in [5.41, 5.74) is 2.77. The van der Waals surface area contributed by atoms with Crippen molar-refractivity contribution in [2.24, 2.45) is 0 Å². The van der Waals surface area contributed by atoms with E-state index < -0.39 is 6.10 Å². The molecule has 8 heteroatoms. The summed E-state index contributed by atoms with van der Waals surface area (Å²) < 4.78 is 16.9. The molecule has 0 fully saturated rings. The minimum Gasteiger partial charge on any atom is -0.491 e. The lowest BCUT2D eigenvalue weighted by molar-refractivity contribution is 0.101. The minimum absolute atomic E-state index is 0.00340. The molecule has 0 radical (unpaired) electrons. The normalized spacial score (nSPS) is 11.9. The molecule has 7 nitrogen and oxygen atoms in total. The molecular formula is C22H24N2O5S. The number of hydrogen-bond acceptors (Lipinski definition) is 8. The molecule has 1 unspecified atom stereocenters. The molecule has 1 heterocycles. The highest BCUT2D eigenvalue weighted by Gasteiger charge is 2.12. The summed E-state index contributed by atoms with van der Waals surface area (Å²) in [6, 6.07) is 12.8. The van der Waals surface area contributed by atoms with Gasteiger partial charge in [0.05, 0.1) is 6.10 Å². The Morgan fingerprint density at radius 1 is 1.13 bits per heavy atom. The molecule has 1 N–H and O–H groups in total. The molecule has 3 aromatic rings. The van der Waals surface area contributed by atoms with Crippen LogP contribution in [0.25, 0.3) is 0 Å². The third-order valence-electron chi connectivity index (χ3n) is 4.25. The van der Waals surface area contributed by atoms with Crippen LogP contribution < -0.4 is 9.47 Å². The molecule has 1 aromatic heterocycles. The lowest BCUT2D eigenvalue weighted by Crippen LogP contribution is -2.20. The van der Waals surface area contributed by atoms with Crippen molar-refractivity contribution in [3.63, 3.8) is 0 Å². The van der Waals surface area contributed by atoms with Gasteiger partial charge in [-0.15, -0.1) is 10.2 Å². The van der Waals surface area contributed by atoms with Gasteiger partial charge in [0.15, 0.2) is 12.4 Å². The number of ketones is 1. The number of nitrogens with zero attached hydrogens (tertiary/aromatic N) is 2. The minimum atomic E-state index is -0.718. The van der Waals surface area contributed by atoms with E-state index in [2.05, 4.69) is 10.2 Å². The second-order valence-corrected chi connectivity index (χ2v) is 7.85. The highest BCUT2D eigenvalue weighted by Crippen LogP contribution is 2.22. The van der Waals surface area contributed by atoms with E-state index in [1.807, 2.05) is 32.0 Å². The van der Waals surface area contributed by atoms with Crippen LogP contribution in [0.4, 0.5) is 0 Å². The summed E-state index contributed by atoms with van der Waals surface area (Å²) in [6.45, 7) is 5.79. The van der Waals surface area contributed by atoms with Crippen LogP contribution in [0, 0.1) is 13.8 Å². The quantitative estimate of drug-likeness (QED) is 0.382. The molecule has 0 bridgehead atoms. The van der Waals surface area contributed by atoms with Crippen molar-refractivity contribution in [1.82, 2.24) is 10.2 Å². The molecule has 0 aliphatic carbocycles. The van der Waals surface area contributed by atoms with E-state index in [4.69, 9.17) is 13.9 Å². The number of ether oxygens (including phenoxy) is 2. The number of rotatable bonds is 10. The van der Waals surface area contributed by atoms with E-state index in [-0.39, 0.29) is 19.0 Å². The molecule has 158 valence electrons. The van der Waals surface area contributed by atoms with Gasteiger partial charge in [-0.2, -0.15) is 0 Å². The average Bonchev–Trinajstić information content (AvgIpc) is 3.19. The van der Waals surface area contributed by atoms with Crippen LogP contribution in [-0.4, -0.2) is 39.6 Å². The summed E-state index contributed by atoms with van der Waals surface area (Å²) in [6.07, 6.45) is -0.718. The zero-order valence-electron chi connectivity index (χ0n) is 17.1. The summed E-state index contributed by atoms with van der Waals surface area (Å²) in [5, 5.41) is 18.4. The maximum absolute atomic E-state index is 11.3. The first kappa shape index (κ1) is 21.9. The molecule has 0 spiro atoms. The van der Waals surface area contributed by atoms with Gasteiger partial charge in [0.2, 0.25) is 0 Å². The Morgan fingerprint density at radius 3 is 2.63 bits per heavy atom. The zero-order valence-corrected chi connectivity index (χ0v) is 17.9. The standard InChI is InChI=1S/C22H24N2O5S/c1-14-4-5-15(2)20(10-14)28-12-21-23-24-22(29-21)30-13-18(26)11-27-19-8-6-17(7-9-19)16(3)25/h4-10,18,26H,11-13H2,1-3H3. The van der Waals surface area contributed by atoms with Crippen LogP contribution in [0.2, 0.25) is 0 Å². The monoisotopic (exact) mass is 428 g/mol. The van der Waals surface area contributed by atoms with Gasteiger partial charge in [-0.1, -0.05) is 23.9 Å². The van der Waals surface area contributed by atoms with Crippen LogP contribution >= 0.6 is 11.8 Å². The first-order chi connectivity index (χ1) is 14.4. The summed E-state index contributed by atoms with van der Waals surface area (Å²) in [4.78, 5) is 11.3. The Bertz CT molecular complexity index is 987. The van der Waals surface area contributed by atoms with Gasteiger partial charge in [0, 0.05) is 11.3 Å². The number of aliphatic hydroxyl groups is 1. The molecule has 0 amide bonds. The molecule has 30 heavy (non-hydrogen) atoms. The van der Waals surface area contributed by atoms with Gasteiger partial charge >= 0.3 is 0 Å². The van der Waals surface area contributed by atoms with Crippen LogP contribution in [0.5, 0.6) is 11.5 Å². The Kier molecular flexibility index (Phi) is 7.48. The first-order valence-electron chi connectivity index (χ1n) is 9.48. The first-order valence-corrected chi connectivity index (χ1v) is 10.5. The molecule has 1 atom stereocenters. The molecular weight excluding hydrogens is 404 g/mol. The number of carbonyl (C=O) groups excluding carboxylic acids is 1. The van der Waals surface area contributed by atoms with Gasteiger partial charge in [-0.3, -0.25) is 4.79 Å². The van der Waals surface area contributed by atoms with E-state index >= 15 is 0 Å². The lowest BCUT2D eigenvalue weighted by atomic mass is 10.1. The van der Waals surface area contributed by atoms with Crippen LogP contribution in [0.1, 0.15) is 34.3 Å². The van der Waals surface area contributed by atoms with Crippen molar-refractivity contribution < 1.29 is 23.8 Å². The van der Waals surface area contributed by atoms with E-state index in [1.165, 1.54) is 18.7 Å². The van der Waals surface area contributed by atoms with Gasteiger partial charge < -0.3 is 19.0 Å².